The van der Waals surface area contributed by atoms with E-state index >= 15 is 0 Å². The van der Waals surface area contributed by atoms with Gasteiger partial charge < -0.3 is 0 Å². The lowest BCUT2D eigenvalue weighted by atomic mass is 10.0. The molecule has 0 radical (unpaired) electrons. The predicted molar refractivity (Wildman–Crippen MR) is 68.9 cm³/mol. The lowest BCUT2D eigenvalue weighted by molar-refractivity contribution is 0.0990. The Morgan fingerprint density at radius 1 is 0.875 bits per heavy atom. The molecule has 2 heteroatoms. The van der Waals surface area contributed by atoms with Crippen molar-refractivity contribution in [2.24, 2.45) is 0 Å². The van der Waals surface area contributed by atoms with Gasteiger partial charge in [0, 0.05) is 5.56 Å². The molecule has 0 saturated heterocycles. The van der Waals surface area contributed by atoms with E-state index in [0.29, 0.717) is 5.56 Å². The third-order valence-electron chi connectivity index (χ3n) is 2.42. The number of benzene rings is 2. The minimum Gasteiger partial charge on any atom is -0.293 e. The predicted octanol–water partition coefficient (Wildman–Crippen LogP) is 3.54. The molecule has 1 nitrogen and oxygen atoms in total. The van der Waals surface area contributed by atoms with E-state index in [1.54, 1.807) is 0 Å². The number of hydrogen-bond donors (Lipinski definition) is 1. The first kappa shape index (κ1) is 11.0. The molecule has 0 amide bonds. The van der Waals surface area contributed by atoms with Crippen molar-refractivity contribution in [2.75, 3.05) is 0 Å². The fourth-order valence-corrected chi connectivity index (χ4v) is 1.87. The van der Waals surface area contributed by atoms with Crippen molar-refractivity contribution in [3.63, 3.8) is 0 Å². The molecule has 0 aliphatic rings. The van der Waals surface area contributed by atoms with Crippen LogP contribution in [0.3, 0.4) is 0 Å². The Hall–Kier alpha value is -1.54. The average Bonchev–Trinajstić information content (AvgIpc) is 2.39. The van der Waals surface area contributed by atoms with Gasteiger partial charge in [0.05, 0.1) is 5.25 Å². The molecule has 16 heavy (non-hydrogen) atoms. The molecule has 80 valence electrons. The highest BCUT2D eigenvalue weighted by Crippen LogP contribution is 2.23. The van der Waals surface area contributed by atoms with Crippen LogP contribution in [-0.4, -0.2) is 5.78 Å². The zero-order valence-corrected chi connectivity index (χ0v) is 9.60. The lowest BCUT2D eigenvalue weighted by Gasteiger charge is -2.09. The van der Waals surface area contributed by atoms with Crippen molar-refractivity contribution in [1.82, 2.24) is 0 Å². The van der Waals surface area contributed by atoms with E-state index in [-0.39, 0.29) is 11.0 Å². The fraction of sp³-hybridized carbons (Fsp3) is 0.0714. The number of rotatable bonds is 3. The van der Waals surface area contributed by atoms with Crippen LogP contribution in [0.5, 0.6) is 0 Å². The summed E-state index contributed by atoms with van der Waals surface area (Å²) >= 11 is 4.38. The molecule has 1 unspecified atom stereocenters. The van der Waals surface area contributed by atoms with Crippen LogP contribution in [-0.2, 0) is 0 Å². The Morgan fingerprint density at radius 2 is 1.38 bits per heavy atom. The first-order valence-corrected chi connectivity index (χ1v) is 5.63. The Labute approximate surface area is 101 Å². The second-order valence-electron chi connectivity index (χ2n) is 3.54. The fourth-order valence-electron chi connectivity index (χ4n) is 1.55. The molecule has 2 aromatic carbocycles. The molecule has 0 aliphatic carbocycles. The molecule has 2 aromatic rings. The summed E-state index contributed by atoms with van der Waals surface area (Å²) in [6.45, 7) is 0. The van der Waals surface area contributed by atoms with E-state index in [1.165, 1.54) is 0 Å². The Balaban J connectivity index is 2.24. The van der Waals surface area contributed by atoms with E-state index in [0.717, 1.165) is 5.56 Å². The van der Waals surface area contributed by atoms with Gasteiger partial charge in [-0.15, -0.1) is 0 Å². The Kier molecular flexibility index (Phi) is 3.42. The standard InChI is InChI=1S/C14H12OS/c15-13(11-7-3-1-4-8-11)14(16)12-9-5-2-6-10-12/h1-10,14,16H. The van der Waals surface area contributed by atoms with Gasteiger partial charge in [-0.05, 0) is 5.56 Å². The second-order valence-corrected chi connectivity index (χ2v) is 4.06. The van der Waals surface area contributed by atoms with E-state index in [9.17, 15) is 4.79 Å². The highest BCUT2D eigenvalue weighted by Gasteiger charge is 2.16. The van der Waals surface area contributed by atoms with Crippen LogP contribution in [0.1, 0.15) is 21.2 Å². The maximum atomic E-state index is 12.1. The van der Waals surface area contributed by atoms with Gasteiger partial charge in [-0.2, -0.15) is 12.6 Å². The van der Waals surface area contributed by atoms with Crippen LogP contribution < -0.4 is 0 Å². The number of hydrogen-bond acceptors (Lipinski definition) is 2. The number of carbonyl (C=O) groups excluding carboxylic acids is 1. The molecular formula is C14H12OS. The van der Waals surface area contributed by atoms with Crippen molar-refractivity contribution in [2.45, 2.75) is 5.25 Å². The van der Waals surface area contributed by atoms with Crippen molar-refractivity contribution >= 4 is 18.4 Å². The van der Waals surface area contributed by atoms with Crippen molar-refractivity contribution in [3.05, 3.63) is 71.8 Å². The number of thiol groups is 1. The van der Waals surface area contributed by atoms with Gasteiger partial charge in [0.2, 0.25) is 0 Å². The summed E-state index contributed by atoms with van der Waals surface area (Å²) in [6.07, 6.45) is 0. The maximum Gasteiger partial charge on any atom is 0.179 e. The SMILES string of the molecule is O=C(c1ccccc1)C(S)c1ccccc1. The molecule has 0 fully saturated rings. The molecule has 0 N–H and O–H groups in total. The highest BCUT2D eigenvalue weighted by atomic mass is 32.1. The van der Waals surface area contributed by atoms with Crippen LogP contribution in [0, 0.1) is 0 Å². The first-order valence-electron chi connectivity index (χ1n) is 5.11. The lowest BCUT2D eigenvalue weighted by Crippen LogP contribution is -2.07. The zero-order chi connectivity index (χ0) is 11.4. The average molecular weight is 228 g/mol. The van der Waals surface area contributed by atoms with Crippen LogP contribution in [0.25, 0.3) is 0 Å². The maximum absolute atomic E-state index is 12.1. The Bertz CT molecular complexity index is 465. The summed E-state index contributed by atoms with van der Waals surface area (Å²) in [5.41, 5.74) is 1.63. The minimum absolute atomic E-state index is 0.0372. The molecule has 0 aromatic heterocycles. The van der Waals surface area contributed by atoms with Crippen LogP contribution in [0.4, 0.5) is 0 Å². The van der Waals surface area contributed by atoms with E-state index in [4.69, 9.17) is 0 Å². The summed E-state index contributed by atoms with van der Waals surface area (Å²) in [4.78, 5) is 12.1. The van der Waals surface area contributed by atoms with Crippen LogP contribution in [0.2, 0.25) is 0 Å². The highest BCUT2D eigenvalue weighted by molar-refractivity contribution is 7.81. The van der Waals surface area contributed by atoms with Gasteiger partial charge in [0.1, 0.15) is 0 Å². The van der Waals surface area contributed by atoms with Gasteiger partial charge in [0.25, 0.3) is 0 Å². The summed E-state index contributed by atoms with van der Waals surface area (Å²) in [5.74, 6) is 0.0372. The summed E-state index contributed by atoms with van der Waals surface area (Å²) in [7, 11) is 0. The summed E-state index contributed by atoms with van der Waals surface area (Å²) in [6, 6.07) is 18.8. The van der Waals surface area contributed by atoms with Gasteiger partial charge in [-0.25, -0.2) is 0 Å². The molecule has 0 spiro atoms. The van der Waals surface area contributed by atoms with Crippen molar-refractivity contribution in [3.8, 4) is 0 Å². The molecule has 0 bridgehead atoms. The largest absolute Gasteiger partial charge is 0.293 e. The van der Waals surface area contributed by atoms with E-state index < -0.39 is 0 Å². The van der Waals surface area contributed by atoms with Gasteiger partial charge in [-0.1, -0.05) is 60.7 Å². The minimum atomic E-state index is -0.386. The number of carbonyl (C=O) groups is 1. The van der Waals surface area contributed by atoms with Gasteiger partial charge in [0.15, 0.2) is 5.78 Å². The van der Waals surface area contributed by atoms with Crippen LogP contribution in [0.15, 0.2) is 60.7 Å². The monoisotopic (exact) mass is 228 g/mol. The quantitative estimate of drug-likeness (QED) is 0.628. The smallest absolute Gasteiger partial charge is 0.179 e. The van der Waals surface area contributed by atoms with Gasteiger partial charge in [-0.3, -0.25) is 4.79 Å². The van der Waals surface area contributed by atoms with Gasteiger partial charge >= 0.3 is 0 Å². The third-order valence-corrected chi connectivity index (χ3v) is 2.95. The zero-order valence-electron chi connectivity index (χ0n) is 8.71. The van der Waals surface area contributed by atoms with Crippen molar-refractivity contribution in [1.29, 1.82) is 0 Å². The van der Waals surface area contributed by atoms with Crippen LogP contribution >= 0.6 is 12.6 Å². The third kappa shape index (κ3) is 2.34. The summed E-state index contributed by atoms with van der Waals surface area (Å²) < 4.78 is 0. The Morgan fingerprint density at radius 3 is 1.94 bits per heavy atom. The summed E-state index contributed by atoms with van der Waals surface area (Å²) in [5, 5.41) is -0.386. The van der Waals surface area contributed by atoms with E-state index in [2.05, 4.69) is 12.6 Å². The molecule has 1 atom stereocenters. The van der Waals surface area contributed by atoms with E-state index in [1.807, 2.05) is 60.7 Å². The topological polar surface area (TPSA) is 17.1 Å². The molecule has 0 heterocycles. The molecule has 2 rings (SSSR count). The number of Topliss-reactive ketones (excluding diaryl/α,β-unsaturated/α-hetero) is 1. The molecule has 0 saturated carbocycles. The molecule has 0 aliphatic heterocycles. The number of ketones is 1. The molecular weight excluding hydrogens is 216 g/mol. The second kappa shape index (κ2) is 4.99. The first-order chi connectivity index (χ1) is 7.79. The normalized spacial score (nSPS) is 12.1. The van der Waals surface area contributed by atoms with Crippen molar-refractivity contribution < 1.29 is 4.79 Å².